The largest absolute Gasteiger partial charge is 0.480 e. The Morgan fingerprint density at radius 1 is 1.42 bits per heavy atom. The Labute approximate surface area is 120 Å². The van der Waals surface area contributed by atoms with E-state index >= 15 is 0 Å². The molecule has 2 rings (SSSR count). The summed E-state index contributed by atoms with van der Waals surface area (Å²) in [7, 11) is -3.51. The van der Waals surface area contributed by atoms with E-state index < -0.39 is 27.3 Å². The van der Waals surface area contributed by atoms with Crippen LogP contribution < -0.4 is 4.72 Å². The maximum absolute atomic E-state index is 11.8. The highest BCUT2D eigenvalue weighted by Gasteiger charge is 2.38. The Morgan fingerprint density at radius 2 is 2.05 bits per heavy atom. The number of rotatable bonds is 6. The number of carbonyl (C=O) groups is 1. The summed E-state index contributed by atoms with van der Waals surface area (Å²) in [4.78, 5) is 11.2. The van der Waals surface area contributed by atoms with Gasteiger partial charge < -0.3 is 5.11 Å². The van der Waals surface area contributed by atoms with E-state index in [4.69, 9.17) is 5.11 Å². The van der Waals surface area contributed by atoms with Crippen LogP contribution in [-0.2, 0) is 21.2 Å². The van der Waals surface area contributed by atoms with Crippen LogP contribution in [-0.4, -0.2) is 30.8 Å². The molecule has 1 aromatic rings. The predicted octanol–water partition coefficient (Wildman–Crippen LogP) is 1.53. The highest BCUT2D eigenvalue weighted by atomic mass is 79.9. The summed E-state index contributed by atoms with van der Waals surface area (Å²) in [6, 6.07) is 6.03. The number of hydrogen-bond acceptors (Lipinski definition) is 3. The lowest BCUT2D eigenvalue weighted by molar-refractivity contribution is -0.138. The molecule has 1 aliphatic carbocycles. The molecule has 5 nitrogen and oxygen atoms in total. The molecular formula is C12H14BrNO4S. The van der Waals surface area contributed by atoms with E-state index in [1.165, 1.54) is 0 Å². The Morgan fingerprint density at radius 3 is 2.58 bits per heavy atom. The molecule has 7 heteroatoms. The maximum atomic E-state index is 11.8. The number of aliphatic carboxylic acids is 1. The van der Waals surface area contributed by atoms with Crippen molar-refractivity contribution < 1.29 is 18.3 Å². The number of benzene rings is 1. The van der Waals surface area contributed by atoms with Crippen LogP contribution in [0.5, 0.6) is 0 Å². The molecule has 1 aliphatic rings. The minimum Gasteiger partial charge on any atom is -0.480 e. The van der Waals surface area contributed by atoms with E-state index in [9.17, 15) is 13.2 Å². The molecule has 1 fully saturated rings. The molecule has 1 aromatic carbocycles. The normalized spacial score (nSPS) is 17.1. The molecule has 0 spiro atoms. The Hall–Kier alpha value is -0.920. The van der Waals surface area contributed by atoms with Crippen LogP contribution in [0.2, 0.25) is 0 Å². The van der Waals surface area contributed by atoms with Crippen LogP contribution in [0.4, 0.5) is 0 Å². The summed E-state index contributed by atoms with van der Waals surface area (Å²) >= 11 is 3.32. The zero-order chi connectivity index (χ0) is 14.0. The van der Waals surface area contributed by atoms with Gasteiger partial charge in [-0.1, -0.05) is 34.1 Å². The molecule has 104 valence electrons. The fourth-order valence-corrected chi connectivity index (χ4v) is 3.71. The number of nitrogens with one attached hydrogen (secondary N) is 1. The summed E-state index contributed by atoms with van der Waals surface area (Å²) in [6.07, 6.45) is 1.33. The van der Waals surface area contributed by atoms with Gasteiger partial charge in [0, 0.05) is 10.9 Å². The van der Waals surface area contributed by atoms with E-state index in [-0.39, 0.29) is 6.42 Å². The average Bonchev–Trinajstić information content (AvgIpc) is 3.14. The molecule has 0 aromatic heterocycles. The summed E-state index contributed by atoms with van der Waals surface area (Å²) in [5.74, 6) is -1.17. The summed E-state index contributed by atoms with van der Waals surface area (Å²) in [6.45, 7) is 0. The van der Waals surface area contributed by atoms with Crippen LogP contribution >= 0.6 is 15.9 Å². The fourth-order valence-electron chi connectivity index (χ4n) is 1.74. The van der Waals surface area contributed by atoms with Crippen LogP contribution in [0.1, 0.15) is 18.4 Å². The number of carboxylic acid groups (broad SMARTS) is 1. The minimum absolute atomic E-state index is 0.114. The first-order valence-electron chi connectivity index (χ1n) is 5.87. The third-order valence-corrected chi connectivity index (χ3v) is 5.69. The molecule has 0 saturated heterocycles. The summed E-state index contributed by atoms with van der Waals surface area (Å²) in [5, 5.41) is 8.73. The quantitative estimate of drug-likeness (QED) is 0.817. The molecule has 1 unspecified atom stereocenters. The summed E-state index contributed by atoms with van der Waals surface area (Å²) in [5.41, 5.74) is 0.758. The monoisotopic (exact) mass is 347 g/mol. The van der Waals surface area contributed by atoms with Gasteiger partial charge in [-0.2, -0.15) is 0 Å². The molecular weight excluding hydrogens is 334 g/mol. The van der Waals surface area contributed by atoms with Crippen molar-refractivity contribution in [2.45, 2.75) is 30.6 Å². The Bertz CT molecular complexity index is 583. The van der Waals surface area contributed by atoms with Crippen molar-refractivity contribution in [3.63, 3.8) is 0 Å². The number of hydrogen-bond donors (Lipinski definition) is 2. The van der Waals surface area contributed by atoms with E-state index in [2.05, 4.69) is 20.7 Å². The first-order chi connectivity index (χ1) is 8.90. The molecule has 0 amide bonds. The third kappa shape index (κ3) is 3.77. The minimum atomic E-state index is -3.51. The highest BCUT2D eigenvalue weighted by Crippen LogP contribution is 2.28. The van der Waals surface area contributed by atoms with Crippen molar-refractivity contribution in [3.05, 3.63) is 34.3 Å². The van der Waals surface area contributed by atoms with Gasteiger partial charge in [-0.25, -0.2) is 13.1 Å². The standard InChI is InChI=1S/C12H14BrNO4S/c13-10-4-2-1-3-8(10)7-11(12(15)16)14-19(17,18)9-5-6-9/h1-4,9,11,14H,5-7H2,(H,15,16). The molecule has 0 aliphatic heterocycles. The second kappa shape index (κ2) is 5.60. The number of halogens is 1. The predicted molar refractivity (Wildman–Crippen MR) is 74.3 cm³/mol. The van der Waals surface area contributed by atoms with Crippen molar-refractivity contribution in [1.82, 2.24) is 4.72 Å². The lowest BCUT2D eigenvalue weighted by Gasteiger charge is -2.15. The van der Waals surface area contributed by atoms with Crippen molar-refractivity contribution in [2.24, 2.45) is 0 Å². The highest BCUT2D eigenvalue weighted by molar-refractivity contribution is 9.10. The van der Waals surface area contributed by atoms with Crippen LogP contribution in [0.3, 0.4) is 0 Å². The van der Waals surface area contributed by atoms with Gasteiger partial charge in [0.2, 0.25) is 10.0 Å². The smallest absolute Gasteiger partial charge is 0.322 e. The Balaban J connectivity index is 2.13. The van der Waals surface area contributed by atoms with Crippen molar-refractivity contribution >= 4 is 31.9 Å². The zero-order valence-electron chi connectivity index (χ0n) is 10.0. The van der Waals surface area contributed by atoms with Gasteiger partial charge in [0.1, 0.15) is 6.04 Å². The molecule has 0 heterocycles. The van der Waals surface area contributed by atoms with Gasteiger partial charge in [0.25, 0.3) is 0 Å². The van der Waals surface area contributed by atoms with Gasteiger partial charge in [0.15, 0.2) is 0 Å². The van der Waals surface area contributed by atoms with E-state index in [0.717, 1.165) is 10.0 Å². The van der Waals surface area contributed by atoms with E-state index in [1.54, 1.807) is 18.2 Å². The molecule has 1 atom stereocenters. The fraction of sp³-hybridized carbons (Fsp3) is 0.417. The van der Waals surface area contributed by atoms with E-state index in [0.29, 0.717) is 12.8 Å². The van der Waals surface area contributed by atoms with Gasteiger partial charge in [-0.05, 0) is 24.5 Å². The van der Waals surface area contributed by atoms with Gasteiger partial charge in [-0.3, -0.25) is 4.79 Å². The Kier molecular flexibility index (Phi) is 4.27. The first kappa shape index (κ1) is 14.5. The van der Waals surface area contributed by atoms with Gasteiger partial charge in [0.05, 0.1) is 5.25 Å². The summed E-state index contributed by atoms with van der Waals surface area (Å²) < 4.78 is 26.6. The lowest BCUT2D eigenvalue weighted by Crippen LogP contribution is -2.43. The maximum Gasteiger partial charge on any atom is 0.322 e. The van der Waals surface area contributed by atoms with Crippen LogP contribution in [0.25, 0.3) is 0 Å². The second-order valence-electron chi connectivity index (χ2n) is 4.55. The number of sulfonamides is 1. The topological polar surface area (TPSA) is 83.5 Å². The van der Waals surface area contributed by atoms with Crippen molar-refractivity contribution in [2.75, 3.05) is 0 Å². The van der Waals surface area contributed by atoms with Gasteiger partial charge >= 0.3 is 5.97 Å². The van der Waals surface area contributed by atoms with Crippen LogP contribution in [0, 0.1) is 0 Å². The van der Waals surface area contributed by atoms with Crippen LogP contribution in [0.15, 0.2) is 28.7 Å². The number of carboxylic acids is 1. The zero-order valence-corrected chi connectivity index (χ0v) is 12.4. The molecule has 0 radical (unpaired) electrons. The molecule has 2 N–H and O–H groups in total. The molecule has 19 heavy (non-hydrogen) atoms. The molecule has 1 saturated carbocycles. The third-order valence-electron chi connectivity index (χ3n) is 2.95. The lowest BCUT2D eigenvalue weighted by atomic mass is 10.1. The first-order valence-corrected chi connectivity index (χ1v) is 8.21. The van der Waals surface area contributed by atoms with Crippen molar-refractivity contribution in [3.8, 4) is 0 Å². The second-order valence-corrected chi connectivity index (χ2v) is 7.40. The van der Waals surface area contributed by atoms with Gasteiger partial charge in [-0.15, -0.1) is 0 Å². The average molecular weight is 348 g/mol. The van der Waals surface area contributed by atoms with Crippen molar-refractivity contribution in [1.29, 1.82) is 0 Å². The SMILES string of the molecule is O=C(O)C(Cc1ccccc1Br)NS(=O)(=O)C1CC1. The molecule has 0 bridgehead atoms. The van der Waals surface area contributed by atoms with E-state index in [1.807, 2.05) is 6.07 Å².